The van der Waals surface area contributed by atoms with Gasteiger partial charge in [-0.15, -0.1) is 0 Å². The highest BCUT2D eigenvalue weighted by Gasteiger charge is 2.21. The van der Waals surface area contributed by atoms with Gasteiger partial charge in [0.15, 0.2) is 17.2 Å². The molecule has 1 unspecified atom stereocenters. The van der Waals surface area contributed by atoms with E-state index in [2.05, 4.69) is 5.32 Å². The van der Waals surface area contributed by atoms with Crippen molar-refractivity contribution in [3.8, 4) is 17.2 Å². The standard InChI is InChI=1S/C13H18N2O6/c14-4-2-1-3-8(13(20)21)15-12(19)7-5-9(16)11(18)10(17)6-7/h5-6,8,16-18H,1-4,14H2,(H,15,19)(H,20,21). The van der Waals surface area contributed by atoms with E-state index >= 15 is 0 Å². The molecule has 1 aromatic rings. The average Bonchev–Trinajstić information content (AvgIpc) is 2.42. The Kier molecular flexibility index (Phi) is 5.79. The van der Waals surface area contributed by atoms with Crippen LogP contribution in [0.4, 0.5) is 0 Å². The fourth-order valence-corrected chi connectivity index (χ4v) is 1.73. The monoisotopic (exact) mass is 298 g/mol. The Morgan fingerprint density at radius 2 is 1.71 bits per heavy atom. The smallest absolute Gasteiger partial charge is 0.326 e. The van der Waals surface area contributed by atoms with Crippen LogP contribution in [0.2, 0.25) is 0 Å². The van der Waals surface area contributed by atoms with Crippen LogP contribution in [0.1, 0.15) is 29.6 Å². The molecule has 7 N–H and O–H groups in total. The van der Waals surface area contributed by atoms with Gasteiger partial charge in [0.25, 0.3) is 5.91 Å². The number of hydrogen-bond acceptors (Lipinski definition) is 6. The van der Waals surface area contributed by atoms with Gasteiger partial charge in [0.05, 0.1) is 0 Å². The average molecular weight is 298 g/mol. The number of carbonyl (C=O) groups is 2. The second-order valence-electron chi connectivity index (χ2n) is 4.51. The van der Waals surface area contributed by atoms with E-state index in [4.69, 9.17) is 10.8 Å². The first-order valence-corrected chi connectivity index (χ1v) is 6.35. The summed E-state index contributed by atoms with van der Waals surface area (Å²) in [5, 5.41) is 39.2. The molecule has 1 atom stereocenters. The Labute approximate surface area is 120 Å². The number of benzene rings is 1. The van der Waals surface area contributed by atoms with E-state index in [1.165, 1.54) is 0 Å². The van der Waals surface area contributed by atoms with E-state index in [1.807, 2.05) is 0 Å². The zero-order valence-electron chi connectivity index (χ0n) is 11.2. The van der Waals surface area contributed by atoms with Crippen LogP contribution in [0.3, 0.4) is 0 Å². The van der Waals surface area contributed by atoms with E-state index in [9.17, 15) is 24.9 Å². The predicted octanol–water partition coefficient (Wildman–Crippen LogP) is 0.115. The molecule has 116 valence electrons. The van der Waals surface area contributed by atoms with E-state index < -0.39 is 35.2 Å². The molecule has 0 radical (unpaired) electrons. The molecule has 1 rings (SSSR count). The van der Waals surface area contributed by atoms with Crippen LogP contribution >= 0.6 is 0 Å². The number of nitrogens with two attached hydrogens (primary N) is 1. The molecular formula is C13H18N2O6. The maximum Gasteiger partial charge on any atom is 0.326 e. The first-order chi connectivity index (χ1) is 9.86. The second-order valence-corrected chi connectivity index (χ2v) is 4.51. The number of aromatic hydroxyl groups is 3. The summed E-state index contributed by atoms with van der Waals surface area (Å²) in [6, 6.07) is 0.772. The summed E-state index contributed by atoms with van der Waals surface area (Å²) < 4.78 is 0. The lowest BCUT2D eigenvalue weighted by atomic mass is 10.1. The number of phenols is 3. The minimum absolute atomic E-state index is 0.159. The van der Waals surface area contributed by atoms with Gasteiger partial charge in [0, 0.05) is 5.56 Å². The molecule has 0 saturated heterocycles. The summed E-state index contributed by atoms with van der Waals surface area (Å²) in [4.78, 5) is 23.0. The van der Waals surface area contributed by atoms with Crippen molar-refractivity contribution in [2.24, 2.45) is 5.73 Å². The van der Waals surface area contributed by atoms with Crippen molar-refractivity contribution in [3.63, 3.8) is 0 Å². The van der Waals surface area contributed by atoms with Crippen LogP contribution < -0.4 is 11.1 Å². The predicted molar refractivity (Wildman–Crippen MR) is 73.2 cm³/mol. The summed E-state index contributed by atoms with van der Waals surface area (Å²) in [7, 11) is 0. The summed E-state index contributed by atoms with van der Waals surface area (Å²) in [6.07, 6.45) is 1.40. The third kappa shape index (κ3) is 4.53. The van der Waals surface area contributed by atoms with E-state index in [0.29, 0.717) is 19.4 Å². The molecule has 0 aliphatic rings. The highest BCUT2D eigenvalue weighted by Crippen LogP contribution is 2.35. The SMILES string of the molecule is NCCCCC(NC(=O)c1cc(O)c(O)c(O)c1)C(=O)O. The van der Waals surface area contributed by atoms with Crippen molar-refractivity contribution in [3.05, 3.63) is 17.7 Å². The number of unbranched alkanes of at least 4 members (excludes halogenated alkanes) is 1. The third-order valence-corrected chi connectivity index (χ3v) is 2.88. The summed E-state index contributed by atoms with van der Waals surface area (Å²) in [6.45, 7) is 0.431. The fourth-order valence-electron chi connectivity index (χ4n) is 1.73. The van der Waals surface area contributed by atoms with Gasteiger partial charge in [-0.2, -0.15) is 0 Å². The topological polar surface area (TPSA) is 153 Å². The molecule has 8 heteroatoms. The largest absolute Gasteiger partial charge is 0.504 e. The van der Waals surface area contributed by atoms with Crippen molar-refractivity contribution >= 4 is 11.9 Å². The Bertz CT molecular complexity index is 508. The van der Waals surface area contributed by atoms with Crippen LogP contribution in [0, 0.1) is 0 Å². The van der Waals surface area contributed by atoms with E-state index in [1.54, 1.807) is 0 Å². The lowest BCUT2D eigenvalue weighted by Crippen LogP contribution is -2.40. The first kappa shape index (κ1) is 16.6. The molecule has 0 aliphatic heterocycles. The number of amides is 1. The van der Waals surface area contributed by atoms with Crippen molar-refractivity contribution in [2.75, 3.05) is 6.54 Å². The van der Waals surface area contributed by atoms with Gasteiger partial charge in [0.1, 0.15) is 6.04 Å². The number of carbonyl (C=O) groups excluding carboxylic acids is 1. The molecule has 0 heterocycles. The lowest BCUT2D eigenvalue weighted by Gasteiger charge is -2.14. The number of carboxylic acids is 1. The van der Waals surface area contributed by atoms with Gasteiger partial charge in [0.2, 0.25) is 0 Å². The van der Waals surface area contributed by atoms with Crippen molar-refractivity contribution in [1.29, 1.82) is 0 Å². The molecule has 0 spiro atoms. The summed E-state index contributed by atoms with van der Waals surface area (Å²) >= 11 is 0. The molecule has 0 aromatic heterocycles. The molecule has 1 amide bonds. The number of phenolic OH excluding ortho intramolecular Hbond substituents is 3. The number of rotatable bonds is 7. The normalized spacial score (nSPS) is 11.9. The fraction of sp³-hybridized carbons (Fsp3) is 0.385. The highest BCUT2D eigenvalue weighted by molar-refractivity contribution is 5.97. The van der Waals surface area contributed by atoms with Gasteiger partial charge < -0.3 is 31.5 Å². The van der Waals surface area contributed by atoms with Crippen LogP contribution in [-0.4, -0.2) is 44.9 Å². The van der Waals surface area contributed by atoms with Gasteiger partial charge in [-0.1, -0.05) is 0 Å². The minimum Gasteiger partial charge on any atom is -0.504 e. The van der Waals surface area contributed by atoms with Crippen molar-refractivity contribution in [2.45, 2.75) is 25.3 Å². The number of aliphatic carboxylic acids is 1. The van der Waals surface area contributed by atoms with Gasteiger partial charge in [-0.05, 0) is 37.9 Å². The highest BCUT2D eigenvalue weighted by atomic mass is 16.4. The third-order valence-electron chi connectivity index (χ3n) is 2.88. The molecule has 0 aliphatic carbocycles. The maximum atomic E-state index is 11.9. The zero-order chi connectivity index (χ0) is 16.0. The quantitative estimate of drug-likeness (QED) is 0.308. The number of nitrogens with one attached hydrogen (secondary N) is 1. The van der Waals surface area contributed by atoms with E-state index in [0.717, 1.165) is 12.1 Å². The van der Waals surface area contributed by atoms with Gasteiger partial charge in [-0.3, -0.25) is 4.79 Å². The van der Waals surface area contributed by atoms with Crippen LogP contribution in [0.25, 0.3) is 0 Å². The molecular weight excluding hydrogens is 280 g/mol. The number of hydrogen-bond donors (Lipinski definition) is 6. The molecule has 1 aromatic carbocycles. The van der Waals surface area contributed by atoms with Crippen molar-refractivity contribution in [1.82, 2.24) is 5.32 Å². The van der Waals surface area contributed by atoms with Crippen molar-refractivity contribution < 1.29 is 30.0 Å². The second kappa shape index (κ2) is 7.34. The maximum absolute atomic E-state index is 11.9. The molecule has 21 heavy (non-hydrogen) atoms. The Balaban J connectivity index is 2.80. The van der Waals surface area contributed by atoms with Crippen LogP contribution in [0.5, 0.6) is 17.2 Å². The minimum atomic E-state index is -1.19. The van der Waals surface area contributed by atoms with Gasteiger partial charge >= 0.3 is 5.97 Å². The van der Waals surface area contributed by atoms with Crippen LogP contribution in [-0.2, 0) is 4.79 Å². The molecule has 0 fully saturated rings. The van der Waals surface area contributed by atoms with Gasteiger partial charge in [-0.25, -0.2) is 4.79 Å². The van der Waals surface area contributed by atoms with E-state index in [-0.39, 0.29) is 12.0 Å². The summed E-state index contributed by atoms with van der Waals surface area (Å²) in [5.41, 5.74) is 5.16. The van der Waals surface area contributed by atoms with Crippen LogP contribution in [0.15, 0.2) is 12.1 Å². The zero-order valence-corrected chi connectivity index (χ0v) is 11.2. The number of carboxylic acid groups (broad SMARTS) is 1. The molecule has 0 bridgehead atoms. The Hall–Kier alpha value is -2.48. The first-order valence-electron chi connectivity index (χ1n) is 6.35. The Morgan fingerprint density at radius 1 is 1.14 bits per heavy atom. The molecule has 0 saturated carbocycles. The lowest BCUT2D eigenvalue weighted by molar-refractivity contribution is -0.139. The Morgan fingerprint density at radius 3 is 2.19 bits per heavy atom. The molecule has 8 nitrogen and oxygen atoms in total. The summed E-state index contributed by atoms with van der Waals surface area (Å²) in [5.74, 6) is -4.05.